The number of hydrogen-bond acceptors (Lipinski definition) is 4. The maximum absolute atomic E-state index is 5.58. The lowest BCUT2D eigenvalue weighted by Crippen LogP contribution is -1.73. The van der Waals surface area contributed by atoms with Crippen molar-refractivity contribution in [1.29, 1.82) is 0 Å². The molecule has 0 aliphatic rings. The minimum atomic E-state index is 0.624. The van der Waals surface area contributed by atoms with E-state index in [0.29, 0.717) is 11.5 Å². The Bertz CT molecular complexity index is 583. The van der Waals surface area contributed by atoms with E-state index in [2.05, 4.69) is 25.9 Å². The van der Waals surface area contributed by atoms with Crippen LogP contribution in [0.1, 0.15) is 0 Å². The smallest absolute Gasteiger partial charge is 0.239 e. The fraction of sp³-hybridized carbons (Fsp3) is 0. The highest BCUT2D eigenvalue weighted by molar-refractivity contribution is 9.11. The van der Waals surface area contributed by atoms with Crippen molar-refractivity contribution < 1.29 is 4.42 Å². The summed E-state index contributed by atoms with van der Waals surface area (Å²) in [5.74, 6) is 0.624. The average molecular weight is 281 g/mol. The summed E-state index contributed by atoms with van der Waals surface area (Å²) in [6, 6.07) is 7.64. The van der Waals surface area contributed by atoms with Gasteiger partial charge in [0.2, 0.25) is 5.89 Å². The number of halogens is 1. The molecule has 0 N–H and O–H groups in total. The molecule has 0 unspecified atom stereocenters. The van der Waals surface area contributed by atoms with Gasteiger partial charge in [-0.05, 0) is 40.2 Å². The van der Waals surface area contributed by atoms with Crippen molar-refractivity contribution in [3.8, 4) is 10.8 Å². The first-order valence-corrected chi connectivity index (χ1v) is 5.91. The molecule has 5 heteroatoms. The van der Waals surface area contributed by atoms with Crippen LogP contribution in [0.3, 0.4) is 0 Å². The highest BCUT2D eigenvalue weighted by atomic mass is 79.9. The van der Waals surface area contributed by atoms with Gasteiger partial charge in [-0.25, -0.2) is 4.98 Å². The molecular formula is C10H5BrN2OS. The summed E-state index contributed by atoms with van der Waals surface area (Å²) in [5.41, 5.74) is 1.37. The number of aromatic nitrogens is 2. The molecule has 0 atom stereocenters. The van der Waals surface area contributed by atoms with Crippen LogP contribution in [0, 0.1) is 0 Å². The van der Waals surface area contributed by atoms with Crippen LogP contribution in [0.2, 0.25) is 0 Å². The molecule has 15 heavy (non-hydrogen) atoms. The molecule has 0 spiro atoms. The van der Waals surface area contributed by atoms with Gasteiger partial charge in [-0.2, -0.15) is 4.98 Å². The first-order valence-electron chi connectivity index (χ1n) is 4.30. The van der Waals surface area contributed by atoms with Crippen LogP contribution in [-0.2, 0) is 0 Å². The Balaban J connectivity index is 2.19. The minimum Gasteiger partial charge on any atom is -0.434 e. The minimum absolute atomic E-state index is 0.624. The maximum Gasteiger partial charge on any atom is 0.239 e. The zero-order valence-electron chi connectivity index (χ0n) is 7.48. The summed E-state index contributed by atoms with van der Waals surface area (Å²) in [4.78, 5) is 9.43. The average Bonchev–Trinajstić information content (AvgIpc) is 2.82. The molecule has 3 aromatic rings. The monoisotopic (exact) mass is 280 g/mol. The molecule has 0 saturated heterocycles. The second-order valence-electron chi connectivity index (χ2n) is 2.95. The fourth-order valence-electron chi connectivity index (χ4n) is 1.30. The van der Waals surface area contributed by atoms with Crippen LogP contribution in [-0.4, -0.2) is 9.97 Å². The zero-order valence-corrected chi connectivity index (χ0v) is 9.88. The Morgan fingerprint density at radius 2 is 2.20 bits per heavy atom. The molecule has 3 aromatic heterocycles. The molecule has 3 nitrogen and oxygen atoms in total. The van der Waals surface area contributed by atoms with E-state index >= 15 is 0 Å². The third-order valence-electron chi connectivity index (χ3n) is 1.95. The highest BCUT2D eigenvalue weighted by Crippen LogP contribution is 2.31. The second kappa shape index (κ2) is 3.43. The predicted molar refractivity (Wildman–Crippen MR) is 62.8 cm³/mol. The first kappa shape index (κ1) is 9.06. The molecule has 3 rings (SSSR count). The van der Waals surface area contributed by atoms with Crippen LogP contribution < -0.4 is 0 Å². The Hall–Kier alpha value is -1.20. The normalized spacial score (nSPS) is 11.0. The Labute approximate surface area is 97.9 Å². The van der Waals surface area contributed by atoms with Gasteiger partial charge in [-0.15, -0.1) is 11.3 Å². The maximum atomic E-state index is 5.58. The van der Waals surface area contributed by atoms with Gasteiger partial charge in [0.05, 0.1) is 8.66 Å². The largest absolute Gasteiger partial charge is 0.434 e. The van der Waals surface area contributed by atoms with Gasteiger partial charge in [-0.1, -0.05) is 0 Å². The van der Waals surface area contributed by atoms with Crippen molar-refractivity contribution in [2.45, 2.75) is 0 Å². The van der Waals surface area contributed by atoms with E-state index in [4.69, 9.17) is 4.42 Å². The van der Waals surface area contributed by atoms with Gasteiger partial charge < -0.3 is 4.42 Å². The summed E-state index contributed by atoms with van der Waals surface area (Å²) in [5, 5.41) is 0. The van der Waals surface area contributed by atoms with E-state index < -0.39 is 0 Å². The summed E-state index contributed by atoms with van der Waals surface area (Å²) in [6.07, 6.45) is 1.71. The van der Waals surface area contributed by atoms with Crippen LogP contribution in [0.15, 0.2) is 38.7 Å². The molecule has 0 bridgehead atoms. The third-order valence-corrected chi connectivity index (χ3v) is 3.56. The summed E-state index contributed by atoms with van der Waals surface area (Å²) < 4.78 is 6.65. The van der Waals surface area contributed by atoms with Gasteiger partial charge in [-0.3, -0.25) is 0 Å². The number of hydrogen-bond donors (Lipinski definition) is 0. The Kier molecular flexibility index (Phi) is 2.07. The SMILES string of the molecule is Brc1ccc(-c2nc3ncccc3o2)s1. The van der Waals surface area contributed by atoms with Crippen LogP contribution in [0.4, 0.5) is 0 Å². The highest BCUT2D eigenvalue weighted by Gasteiger charge is 2.10. The molecule has 0 aliphatic carbocycles. The number of nitrogens with zero attached hydrogens (tertiary/aromatic N) is 2. The summed E-state index contributed by atoms with van der Waals surface area (Å²) in [7, 11) is 0. The topological polar surface area (TPSA) is 38.9 Å². The van der Waals surface area contributed by atoms with Gasteiger partial charge in [0.25, 0.3) is 0 Å². The Morgan fingerprint density at radius 1 is 1.27 bits per heavy atom. The van der Waals surface area contributed by atoms with Gasteiger partial charge in [0, 0.05) is 6.20 Å². The quantitative estimate of drug-likeness (QED) is 0.682. The van der Waals surface area contributed by atoms with Crippen molar-refractivity contribution in [3.05, 3.63) is 34.2 Å². The molecule has 74 valence electrons. The predicted octanol–water partition coefficient (Wildman–Crippen LogP) is 3.71. The summed E-state index contributed by atoms with van der Waals surface area (Å²) in [6.45, 7) is 0. The van der Waals surface area contributed by atoms with E-state index in [1.807, 2.05) is 24.3 Å². The number of pyridine rings is 1. The van der Waals surface area contributed by atoms with Gasteiger partial charge in [0.1, 0.15) is 0 Å². The van der Waals surface area contributed by atoms with E-state index in [1.165, 1.54) is 0 Å². The van der Waals surface area contributed by atoms with Crippen molar-refractivity contribution in [3.63, 3.8) is 0 Å². The molecule has 0 aliphatic heterocycles. The first-order chi connectivity index (χ1) is 7.33. The zero-order chi connectivity index (χ0) is 10.3. The lowest BCUT2D eigenvalue weighted by Gasteiger charge is -1.84. The van der Waals surface area contributed by atoms with Crippen LogP contribution in [0.5, 0.6) is 0 Å². The van der Waals surface area contributed by atoms with Crippen LogP contribution >= 0.6 is 27.3 Å². The number of fused-ring (bicyclic) bond motifs is 1. The third kappa shape index (κ3) is 1.57. The second-order valence-corrected chi connectivity index (χ2v) is 5.41. The molecular weight excluding hydrogens is 276 g/mol. The van der Waals surface area contributed by atoms with E-state index in [9.17, 15) is 0 Å². The van der Waals surface area contributed by atoms with Gasteiger partial charge >= 0.3 is 0 Å². The van der Waals surface area contributed by atoms with E-state index in [-0.39, 0.29) is 0 Å². The van der Waals surface area contributed by atoms with Crippen molar-refractivity contribution in [1.82, 2.24) is 9.97 Å². The summed E-state index contributed by atoms with van der Waals surface area (Å²) >= 11 is 5.00. The van der Waals surface area contributed by atoms with E-state index in [0.717, 1.165) is 14.2 Å². The number of thiophene rings is 1. The molecule has 0 fully saturated rings. The molecule has 0 aromatic carbocycles. The van der Waals surface area contributed by atoms with Gasteiger partial charge in [0.15, 0.2) is 11.2 Å². The van der Waals surface area contributed by atoms with E-state index in [1.54, 1.807) is 17.5 Å². The van der Waals surface area contributed by atoms with Crippen molar-refractivity contribution in [2.24, 2.45) is 0 Å². The molecule has 0 radical (unpaired) electrons. The standard InChI is InChI=1S/C10H5BrN2OS/c11-8-4-3-7(15-8)10-13-9-6(14-10)2-1-5-12-9/h1-5H. The number of rotatable bonds is 1. The van der Waals surface area contributed by atoms with Crippen molar-refractivity contribution in [2.75, 3.05) is 0 Å². The van der Waals surface area contributed by atoms with Crippen LogP contribution in [0.25, 0.3) is 22.0 Å². The van der Waals surface area contributed by atoms with Crippen molar-refractivity contribution >= 4 is 38.5 Å². The Morgan fingerprint density at radius 3 is 2.93 bits per heavy atom. The molecule has 0 amide bonds. The molecule has 0 saturated carbocycles. The fourth-order valence-corrected chi connectivity index (χ4v) is 2.62. The number of oxazole rings is 1. The lowest BCUT2D eigenvalue weighted by atomic mass is 10.5. The lowest BCUT2D eigenvalue weighted by molar-refractivity contribution is 0.621. The molecule has 3 heterocycles.